The molecule has 1 aromatic heterocycles. The van der Waals surface area contributed by atoms with E-state index in [1.165, 1.54) is 5.56 Å². The molecule has 1 saturated carbocycles. The quantitative estimate of drug-likeness (QED) is 0.260. The maximum atomic E-state index is 13.1. The number of aryl methyl sites for hydroxylation is 1. The molecule has 5 rings (SSSR count). The van der Waals surface area contributed by atoms with Gasteiger partial charge in [0.15, 0.2) is 0 Å². The van der Waals surface area contributed by atoms with Gasteiger partial charge in [0.05, 0.1) is 25.3 Å². The molecule has 3 aromatic carbocycles. The molecule has 0 radical (unpaired) electrons. The number of rotatable bonds is 8. The van der Waals surface area contributed by atoms with Crippen LogP contribution in [0.2, 0.25) is 0 Å². The van der Waals surface area contributed by atoms with E-state index >= 15 is 0 Å². The van der Waals surface area contributed by atoms with Crippen LogP contribution in [0, 0.1) is 12.8 Å². The number of ether oxygens (including phenoxy) is 2. The molecule has 0 spiro atoms. The van der Waals surface area contributed by atoms with Crippen molar-refractivity contribution in [2.45, 2.75) is 49.3 Å². The van der Waals surface area contributed by atoms with Gasteiger partial charge in [-0.1, -0.05) is 24.3 Å². The number of imidazole rings is 1. The number of nitrogens with one attached hydrogen (secondary N) is 2. The fourth-order valence-electron chi connectivity index (χ4n) is 5.23. The van der Waals surface area contributed by atoms with Crippen LogP contribution in [0.4, 0.5) is 5.69 Å². The topological polar surface area (TPSA) is 85.4 Å². The Morgan fingerprint density at radius 1 is 1.03 bits per heavy atom. The van der Waals surface area contributed by atoms with Crippen molar-refractivity contribution in [1.82, 2.24) is 9.55 Å². The summed E-state index contributed by atoms with van der Waals surface area (Å²) in [5.41, 5.74) is 4.68. The molecule has 0 saturated heterocycles. The third-order valence-electron chi connectivity index (χ3n) is 7.38. The van der Waals surface area contributed by atoms with Crippen LogP contribution < -0.4 is 20.5 Å². The van der Waals surface area contributed by atoms with Crippen molar-refractivity contribution in [3.05, 3.63) is 82.3 Å². The fourth-order valence-corrected chi connectivity index (χ4v) is 6.22. The van der Waals surface area contributed by atoms with Crippen LogP contribution in [0.25, 0.3) is 11.0 Å². The second-order valence-corrected chi connectivity index (χ2v) is 10.8. The highest BCUT2D eigenvalue weighted by molar-refractivity contribution is 7.98. The van der Waals surface area contributed by atoms with Crippen molar-refractivity contribution in [3.8, 4) is 11.5 Å². The number of para-hydroxylation sites is 1. The lowest BCUT2D eigenvalue weighted by molar-refractivity contribution is -0.121. The summed E-state index contributed by atoms with van der Waals surface area (Å²) in [4.78, 5) is 30.2. The molecule has 0 bridgehead atoms. The van der Waals surface area contributed by atoms with E-state index in [0.717, 1.165) is 70.1 Å². The zero-order valence-corrected chi connectivity index (χ0v) is 22.8. The summed E-state index contributed by atoms with van der Waals surface area (Å²) < 4.78 is 12.5. The molecular formula is C30H33N3O4S. The number of thioether (sulfide) groups is 1. The van der Waals surface area contributed by atoms with Gasteiger partial charge >= 0.3 is 5.69 Å². The first-order valence-electron chi connectivity index (χ1n) is 12.9. The van der Waals surface area contributed by atoms with Crippen LogP contribution in [0.15, 0.2) is 70.4 Å². The lowest BCUT2D eigenvalue weighted by Crippen LogP contribution is -2.31. The van der Waals surface area contributed by atoms with E-state index in [1.807, 2.05) is 54.0 Å². The Labute approximate surface area is 226 Å². The van der Waals surface area contributed by atoms with Crippen LogP contribution in [0.1, 0.15) is 42.9 Å². The number of hydrogen-bond donors (Lipinski definition) is 2. The molecule has 0 atom stereocenters. The number of aromatic amines is 1. The maximum Gasteiger partial charge on any atom is 0.326 e. The van der Waals surface area contributed by atoms with Gasteiger partial charge in [0.2, 0.25) is 5.91 Å². The highest BCUT2D eigenvalue weighted by Crippen LogP contribution is 2.36. The van der Waals surface area contributed by atoms with Crippen molar-refractivity contribution in [2.24, 2.45) is 5.92 Å². The van der Waals surface area contributed by atoms with Crippen LogP contribution in [0.5, 0.6) is 11.5 Å². The van der Waals surface area contributed by atoms with Gasteiger partial charge in [-0.3, -0.25) is 9.36 Å². The first-order chi connectivity index (χ1) is 18.5. The standard InChI is InChI=1S/C30H33N3O4S/c1-19-7-12-22(17-26(19)37-3)31-29(34)21-10-13-23(14-11-21)33-25-5-4-6-27(28(25)32-30(33)35)38-18-20-8-15-24(36-2)16-9-20/h4-9,12,15-17,21,23H,10-11,13-14,18H2,1-3H3,(H,31,34)(H,32,35)/t21-,23+. The Balaban J connectivity index is 1.25. The first kappa shape index (κ1) is 26.0. The van der Waals surface area contributed by atoms with Crippen LogP contribution in [-0.2, 0) is 10.5 Å². The summed E-state index contributed by atoms with van der Waals surface area (Å²) in [6.07, 6.45) is 3.05. The van der Waals surface area contributed by atoms with Gasteiger partial charge in [-0.05, 0) is 74.1 Å². The van der Waals surface area contributed by atoms with E-state index in [2.05, 4.69) is 28.5 Å². The SMILES string of the molecule is COc1ccc(CSc2cccc3c2[nH]c(=O)n3[C@H]2CC[C@@H](C(=O)Nc3ccc(C)c(OC)c3)CC2)cc1. The summed E-state index contributed by atoms with van der Waals surface area (Å²) >= 11 is 1.71. The number of nitrogens with zero attached hydrogens (tertiary/aromatic N) is 1. The first-order valence-corrected chi connectivity index (χ1v) is 13.9. The highest BCUT2D eigenvalue weighted by Gasteiger charge is 2.29. The molecule has 8 heteroatoms. The molecule has 4 aromatic rings. The number of amides is 1. The Morgan fingerprint density at radius 2 is 1.79 bits per heavy atom. The van der Waals surface area contributed by atoms with Crippen molar-refractivity contribution < 1.29 is 14.3 Å². The van der Waals surface area contributed by atoms with E-state index in [1.54, 1.807) is 26.0 Å². The summed E-state index contributed by atoms with van der Waals surface area (Å²) in [6.45, 7) is 1.97. The monoisotopic (exact) mass is 531 g/mol. The van der Waals surface area contributed by atoms with Crippen LogP contribution in [0.3, 0.4) is 0 Å². The molecule has 1 amide bonds. The molecule has 7 nitrogen and oxygen atoms in total. The van der Waals surface area contributed by atoms with Gasteiger partial charge in [0.25, 0.3) is 0 Å². The Kier molecular flexibility index (Phi) is 7.79. The second kappa shape index (κ2) is 11.4. The molecule has 198 valence electrons. The van der Waals surface area contributed by atoms with Crippen molar-refractivity contribution >= 4 is 34.4 Å². The maximum absolute atomic E-state index is 13.1. The summed E-state index contributed by atoms with van der Waals surface area (Å²) in [6, 6.07) is 19.9. The minimum Gasteiger partial charge on any atom is -0.497 e. The molecule has 1 heterocycles. The number of carbonyl (C=O) groups is 1. The van der Waals surface area contributed by atoms with Gasteiger partial charge in [0, 0.05) is 34.4 Å². The Hall–Kier alpha value is -3.65. The van der Waals surface area contributed by atoms with Crippen molar-refractivity contribution in [2.75, 3.05) is 19.5 Å². The fraction of sp³-hybridized carbons (Fsp3) is 0.333. The number of hydrogen-bond acceptors (Lipinski definition) is 5. The van der Waals surface area contributed by atoms with Gasteiger partial charge in [0.1, 0.15) is 11.5 Å². The summed E-state index contributed by atoms with van der Waals surface area (Å²) in [5, 5.41) is 3.04. The van der Waals surface area contributed by atoms with Crippen LogP contribution >= 0.6 is 11.8 Å². The number of methoxy groups -OCH3 is 2. The third kappa shape index (κ3) is 5.45. The van der Waals surface area contributed by atoms with E-state index < -0.39 is 0 Å². The molecule has 38 heavy (non-hydrogen) atoms. The minimum atomic E-state index is -0.0860. The molecule has 2 N–H and O–H groups in total. The number of aromatic nitrogens is 2. The Bertz CT molecular complexity index is 1480. The molecule has 0 unspecified atom stereocenters. The number of carbonyl (C=O) groups excluding carboxylic acids is 1. The van der Waals surface area contributed by atoms with Crippen LogP contribution in [-0.4, -0.2) is 29.7 Å². The van der Waals surface area contributed by atoms with Crippen molar-refractivity contribution in [1.29, 1.82) is 0 Å². The predicted octanol–water partition coefficient (Wildman–Crippen LogP) is 6.32. The average Bonchev–Trinajstić information content (AvgIpc) is 3.29. The molecule has 1 aliphatic carbocycles. The number of fused-ring (bicyclic) bond motifs is 1. The lowest BCUT2D eigenvalue weighted by atomic mass is 9.85. The minimum absolute atomic E-state index is 0.0258. The summed E-state index contributed by atoms with van der Waals surface area (Å²) in [7, 11) is 3.29. The van der Waals surface area contributed by atoms with Gasteiger partial charge < -0.3 is 19.8 Å². The van der Waals surface area contributed by atoms with Gasteiger partial charge in [-0.15, -0.1) is 11.8 Å². The van der Waals surface area contributed by atoms with Gasteiger partial charge in [-0.2, -0.15) is 0 Å². The normalized spacial score (nSPS) is 17.3. The molecule has 0 aliphatic heterocycles. The van der Waals surface area contributed by atoms with Gasteiger partial charge in [-0.25, -0.2) is 4.79 Å². The third-order valence-corrected chi connectivity index (χ3v) is 8.51. The molecule has 1 fully saturated rings. The molecule has 1 aliphatic rings. The number of benzene rings is 3. The zero-order valence-electron chi connectivity index (χ0n) is 22.0. The van der Waals surface area contributed by atoms with Crippen molar-refractivity contribution in [3.63, 3.8) is 0 Å². The van der Waals surface area contributed by atoms with E-state index in [-0.39, 0.29) is 23.6 Å². The number of anilines is 1. The summed E-state index contributed by atoms with van der Waals surface area (Å²) in [5.74, 6) is 2.34. The largest absolute Gasteiger partial charge is 0.497 e. The lowest BCUT2D eigenvalue weighted by Gasteiger charge is -2.28. The predicted molar refractivity (Wildman–Crippen MR) is 152 cm³/mol. The second-order valence-electron chi connectivity index (χ2n) is 9.77. The van der Waals surface area contributed by atoms with E-state index in [9.17, 15) is 9.59 Å². The van der Waals surface area contributed by atoms with E-state index in [4.69, 9.17) is 9.47 Å². The molecular weight excluding hydrogens is 498 g/mol. The zero-order chi connectivity index (χ0) is 26.6. The highest BCUT2D eigenvalue weighted by atomic mass is 32.2. The van der Waals surface area contributed by atoms with E-state index in [0.29, 0.717) is 0 Å². The average molecular weight is 532 g/mol. The smallest absolute Gasteiger partial charge is 0.326 e. The Morgan fingerprint density at radius 3 is 2.50 bits per heavy atom. The number of H-pyrrole nitrogens is 1.